The SMILES string of the molecule is COC(=O)C1CCC=N1. The summed E-state index contributed by atoms with van der Waals surface area (Å²) in [6, 6.07) is -0.213. The molecule has 1 atom stereocenters. The Labute approximate surface area is 53.7 Å². The van der Waals surface area contributed by atoms with E-state index in [1.807, 2.05) is 0 Å². The van der Waals surface area contributed by atoms with Crippen molar-refractivity contribution in [2.24, 2.45) is 4.99 Å². The maximum atomic E-state index is 10.7. The van der Waals surface area contributed by atoms with Crippen molar-refractivity contribution in [1.29, 1.82) is 0 Å². The molecule has 0 aliphatic carbocycles. The smallest absolute Gasteiger partial charge is 0.330 e. The molecule has 1 aliphatic rings. The van der Waals surface area contributed by atoms with Crippen LogP contribution in [0.15, 0.2) is 4.99 Å². The van der Waals surface area contributed by atoms with Crippen LogP contribution >= 0.6 is 0 Å². The minimum atomic E-state index is -0.219. The minimum Gasteiger partial charge on any atom is -0.467 e. The van der Waals surface area contributed by atoms with Crippen molar-refractivity contribution in [1.82, 2.24) is 0 Å². The first kappa shape index (κ1) is 6.26. The molecule has 1 heterocycles. The van der Waals surface area contributed by atoms with Crippen molar-refractivity contribution in [2.45, 2.75) is 18.9 Å². The van der Waals surface area contributed by atoms with Crippen molar-refractivity contribution in [3.05, 3.63) is 0 Å². The number of esters is 1. The lowest BCUT2D eigenvalue weighted by Gasteiger charge is -2.01. The summed E-state index contributed by atoms with van der Waals surface area (Å²) in [6.07, 6.45) is 3.48. The van der Waals surface area contributed by atoms with Crippen LogP contribution in [-0.4, -0.2) is 25.3 Å². The third kappa shape index (κ3) is 1.28. The molecule has 0 amide bonds. The van der Waals surface area contributed by atoms with Gasteiger partial charge < -0.3 is 4.74 Å². The molecule has 0 N–H and O–H groups in total. The number of nitrogens with zero attached hydrogens (tertiary/aromatic N) is 1. The van der Waals surface area contributed by atoms with E-state index in [0.29, 0.717) is 0 Å². The summed E-state index contributed by atoms with van der Waals surface area (Å²) in [5.74, 6) is -0.219. The molecule has 3 nitrogen and oxygen atoms in total. The van der Waals surface area contributed by atoms with Gasteiger partial charge in [0, 0.05) is 0 Å². The largest absolute Gasteiger partial charge is 0.467 e. The van der Waals surface area contributed by atoms with Crippen LogP contribution in [0.2, 0.25) is 0 Å². The molecule has 1 unspecified atom stereocenters. The molecular formula is C6H9NO2. The highest BCUT2D eigenvalue weighted by Gasteiger charge is 2.19. The van der Waals surface area contributed by atoms with Crippen molar-refractivity contribution in [3.8, 4) is 0 Å². The molecule has 3 heteroatoms. The average Bonchev–Trinajstić information content (AvgIpc) is 2.37. The van der Waals surface area contributed by atoms with Crippen LogP contribution in [-0.2, 0) is 9.53 Å². The van der Waals surface area contributed by atoms with Crippen LogP contribution in [0, 0.1) is 0 Å². The average molecular weight is 127 g/mol. The maximum absolute atomic E-state index is 10.7. The van der Waals surface area contributed by atoms with Crippen molar-refractivity contribution in [3.63, 3.8) is 0 Å². The second-order valence-corrected chi connectivity index (χ2v) is 1.95. The standard InChI is InChI=1S/C6H9NO2/c1-9-6(8)5-3-2-4-7-5/h4-5H,2-3H2,1H3. The van der Waals surface area contributed by atoms with Gasteiger partial charge in [0.15, 0.2) is 0 Å². The molecule has 0 spiro atoms. The summed E-state index contributed by atoms with van der Waals surface area (Å²) >= 11 is 0. The Morgan fingerprint density at radius 3 is 3.11 bits per heavy atom. The van der Waals surface area contributed by atoms with Crippen molar-refractivity contribution < 1.29 is 9.53 Å². The van der Waals surface area contributed by atoms with Gasteiger partial charge in [0.1, 0.15) is 6.04 Å². The van der Waals surface area contributed by atoms with E-state index in [1.54, 1.807) is 6.21 Å². The summed E-state index contributed by atoms with van der Waals surface area (Å²) < 4.78 is 4.48. The van der Waals surface area contributed by atoms with E-state index < -0.39 is 0 Å². The number of carbonyl (C=O) groups excluding carboxylic acids is 1. The summed E-state index contributed by atoms with van der Waals surface area (Å²) in [4.78, 5) is 14.6. The quantitative estimate of drug-likeness (QED) is 0.478. The highest BCUT2D eigenvalue weighted by atomic mass is 16.5. The Balaban J connectivity index is 2.43. The van der Waals surface area contributed by atoms with Gasteiger partial charge in [-0.1, -0.05) is 0 Å². The number of hydrogen-bond donors (Lipinski definition) is 0. The number of methoxy groups -OCH3 is 1. The monoisotopic (exact) mass is 127 g/mol. The molecule has 0 fully saturated rings. The summed E-state index contributed by atoms with van der Waals surface area (Å²) in [5, 5.41) is 0. The molecule has 0 saturated heterocycles. The van der Waals surface area contributed by atoms with Crippen LogP contribution < -0.4 is 0 Å². The highest BCUT2D eigenvalue weighted by molar-refractivity contribution is 5.80. The van der Waals surface area contributed by atoms with E-state index in [9.17, 15) is 4.79 Å². The fourth-order valence-corrected chi connectivity index (χ4v) is 0.823. The van der Waals surface area contributed by atoms with Gasteiger partial charge >= 0.3 is 5.97 Å². The number of carbonyl (C=O) groups is 1. The van der Waals surface area contributed by atoms with Gasteiger partial charge in [-0.15, -0.1) is 0 Å². The number of hydrogen-bond acceptors (Lipinski definition) is 3. The zero-order chi connectivity index (χ0) is 6.69. The van der Waals surface area contributed by atoms with Crippen LogP contribution in [0.4, 0.5) is 0 Å². The molecule has 1 aliphatic heterocycles. The zero-order valence-corrected chi connectivity index (χ0v) is 5.33. The third-order valence-electron chi connectivity index (χ3n) is 1.33. The van der Waals surface area contributed by atoms with Crippen LogP contribution in [0.25, 0.3) is 0 Å². The second-order valence-electron chi connectivity index (χ2n) is 1.95. The van der Waals surface area contributed by atoms with E-state index in [2.05, 4.69) is 9.73 Å². The molecule has 0 aromatic heterocycles. The van der Waals surface area contributed by atoms with Crippen molar-refractivity contribution >= 4 is 12.2 Å². The van der Waals surface area contributed by atoms with Gasteiger partial charge in [0.25, 0.3) is 0 Å². The fraction of sp³-hybridized carbons (Fsp3) is 0.667. The summed E-state index contributed by atoms with van der Waals surface area (Å²) in [5.41, 5.74) is 0. The first-order valence-electron chi connectivity index (χ1n) is 2.94. The molecule has 0 radical (unpaired) electrons. The first-order chi connectivity index (χ1) is 4.34. The molecule has 50 valence electrons. The molecule has 0 bridgehead atoms. The Bertz CT molecular complexity index is 142. The van der Waals surface area contributed by atoms with E-state index in [-0.39, 0.29) is 12.0 Å². The summed E-state index contributed by atoms with van der Waals surface area (Å²) in [6.45, 7) is 0. The van der Waals surface area contributed by atoms with E-state index >= 15 is 0 Å². The highest BCUT2D eigenvalue weighted by Crippen LogP contribution is 2.08. The Hall–Kier alpha value is -0.860. The zero-order valence-electron chi connectivity index (χ0n) is 5.33. The lowest BCUT2D eigenvalue weighted by molar-refractivity contribution is -0.141. The Morgan fingerprint density at radius 2 is 2.67 bits per heavy atom. The van der Waals surface area contributed by atoms with E-state index in [1.165, 1.54) is 7.11 Å². The lowest BCUT2D eigenvalue weighted by Crippen LogP contribution is -2.16. The number of ether oxygens (including phenoxy) is 1. The van der Waals surface area contributed by atoms with Crippen LogP contribution in [0.1, 0.15) is 12.8 Å². The third-order valence-corrected chi connectivity index (χ3v) is 1.33. The Kier molecular flexibility index (Phi) is 1.82. The van der Waals surface area contributed by atoms with Gasteiger partial charge in [-0.05, 0) is 19.1 Å². The minimum absolute atomic E-state index is 0.213. The molecule has 1 rings (SSSR count). The van der Waals surface area contributed by atoms with Crippen molar-refractivity contribution in [2.75, 3.05) is 7.11 Å². The first-order valence-corrected chi connectivity index (χ1v) is 2.94. The Morgan fingerprint density at radius 1 is 1.89 bits per heavy atom. The molecular weight excluding hydrogens is 118 g/mol. The lowest BCUT2D eigenvalue weighted by atomic mass is 10.2. The fourth-order valence-electron chi connectivity index (χ4n) is 0.823. The molecule has 0 aromatic rings. The predicted octanol–water partition coefficient (Wildman–Crippen LogP) is 0.393. The topological polar surface area (TPSA) is 38.7 Å². The molecule has 0 aromatic carbocycles. The predicted molar refractivity (Wildman–Crippen MR) is 33.5 cm³/mol. The maximum Gasteiger partial charge on any atom is 0.330 e. The normalized spacial score (nSPS) is 24.3. The van der Waals surface area contributed by atoms with Gasteiger partial charge in [0.05, 0.1) is 7.11 Å². The van der Waals surface area contributed by atoms with E-state index in [4.69, 9.17) is 0 Å². The number of rotatable bonds is 1. The molecule has 9 heavy (non-hydrogen) atoms. The van der Waals surface area contributed by atoms with Crippen LogP contribution in [0.5, 0.6) is 0 Å². The summed E-state index contributed by atoms with van der Waals surface area (Å²) in [7, 11) is 1.39. The van der Waals surface area contributed by atoms with E-state index in [0.717, 1.165) is 12.8 Å². The van der Waals surface area contributed by atoms with Gasteiger partial charge in [-0.25, -0.2) is 4.79 Å². The van der Waals surface area contributed by atoms with Gasteiger partial charge in [-0.3, -0.25) is 4.99 Å². The molecule has 0 saturated carbocycles. The van der Waals surface area contributed by atoms with Gasteiger partial charge in [-0.2, -0.15) is 0 Å². The second kappa shape index (κ2) is 2.62. The number of aliphatic imine (C=N–C) groups is 1. The van der Waals surface area contributed by atoms with Gasteiger partial charge in [0.2, 0.25) is 0 Å². The van der Waals surface area contributed by atoms with Crippen LogP contribution in [0.3, 0.4) is 0 Å².